The SMILES string of the molecule is CC1CCN(C(=O)C(C)OC(=O)C2CCN(C(=O)Nc3ccccc3)CC2)CC1. The number of hydrogen-bond acceptors (Lipinski definition) is 4. The number of hydrogen-bond donors (Lipinski definition) is 1. The highest BCUT2D eigenvalue weighted by Gasteiger charge is 2.32. The molecule has 2 saturated heterocycles. The first-order chi connectivity index (χ1) is 13.9. The minimum absolute atomic E-state index is 0.107. The number of esters is 1. The number of carbonyl (C=O) groups excluding carboxylic acids is 3. The summed E-state index contributed by atoms with van der Waals surface area (Å²) < 4.78 is 5.47. The van der Waals surface area contributed by atoms with Crippen LogP contribution in [0.4, 0.5) is 10.5 Å². The maximum Gasteiger partial charge on any atom is 0.321 e. The van der Waals surface area contributed by atoms with Gasteiger partial charge in [0.25, 0.3) is 5.91 Å². The first kappa shape index (κ1) is 21.1. The summed E-state index contributed by atoms with van der Waals surface area (Å²) in [7, 11) is 0. The maximum absolute atomic E-state index is 12.5. The van der Waals surface area contributed by atoms with Crippen LogP contribution in [0.5, 0.6) is 0 Å². The molecule has 2 heterocycles. The van der Waals surface area contributed by atoms with Crippen LogP contribution in [-0.4, -0.2) is 60.0 Å². The highest BCUT2D eigenvalue weighted by Crippen LogP contribution is 2.22. The summed E-state index contributed by atoms with van der Waals surface area (Å²) in [5.41, 5.74) is 0.749. The lowest BCUT2D eigenvalue weighted by molar-refractivity contribution is -0.164. The quantitative estimate of drug-likeness (QED) is 0.786. The van der Waals surface area contributed by atoms with Gasteiger partial charge in [-0.15, -0.1) is 0 Å². The number of benzene rings is 1. The molecule has 158 valence electrons. The van der Waals surface area contributed by atoms with Crippen LogP contribution < -0.4 is 5.32 Å². The number of likely N-dealkylation sites (tertiary alicyclic amines) is 2. The van der Waals surface area contributed by atoms with E-state index in [1.807, 2.05) is 30.3 Å². The Balaban J connectivity index is 1.42. The molecule has 7 heteroatoms. The molecular formula is C22H31N3O4. The summed E-state index contributed by atoms with van der Waals surface area (Å²) in [6.07, 6.45) is 2.33. The zero-order chi connectivity index (χ0) is 20.8. The molecule has 2 aliphatic heterocycles. The van der Waals surface area contributed by atoms with Crippen LogP contribution in [-0.2, 0) is 14.3 Å². The summed E-state index contributed by atoms with van der Waals surface area (Å²) in [5, 5.41) is 2.86. The zero-order valence-electron chi connectivity index (χ0n) is 17.3. The Morgan fingerprint density at radius 2 is 1.55 bits per heavy atom. The molecule has 0 spiro atoms. The Labute approximate surface area is 172 Å². The second-order valence-corrected chi connectivity index (χ2v) is 8.14. The highest BCUT2D eigenvalue weighted by molar-refractivity contribution is 5.89. The van der Waals surface area contributed by atoms with E-state index in [-0.39, 0.29) is 23.8 Å². The number of nitrogens with one attached hydrogen (secondary N) is 1. The molecule has 1 aromatic carbocycles. The molecule has 0 saturated carbocycles. The van der Waals surface area contributed by atoms with Gasteiger partial charge >= 0.3 is 12.0 Å². The average molecular weight is 402 g/mol. The van der Waals surface area contributed by atoms with Crippen molar-refractivity contribution in [2.24, 2.45) is 11.8 Å². The van der Waals surface area contributed by atoms with Gasteiger partial charge in [0.1, 0.15) is 0 Å². The molecule has 2 aliphatic rings. The van der Waals surface area contributed by atoms with Crippen LogP contribution in [0.15, 0.2) is 30.3 Å². The van der Waals surface area contributed by atoms with Crippen LogP contribution >= 0.6 is 0 Å². The van der Waals surface area contributed by atoms with Crippen LogP contribution in [0, 0.1) is 11.8 Å². The van der Waals surface area contributed by atoms with Gasteiger partial charge < -0.3 is 19.9 Å². The number of carbonyl (C=O) groups is 3. The van der Waals surface area contributed by atoms with Crippen molar-refractivity contribution in [3.63, 3.8) is 0 Å². The molecule has 7 nitrogen and oxygen atoms in total. The predicted molar refractivity (Wildman–Crippen MR) is 110 cm³/mol. The smallest absolute Gasteiger partial charge is 0.321 e. The topological polar surface area (TPSA) is 79.0 Å². The average Bonchev–Trinajstić information content (AvgIpc) is 2.74. The molecule has 2 fully saturated rings. The fourth-order valence-electron chi connectivity index (χ4n) is 3.85. The van der Waals surface area contributed by atoms with E-state index in [2.05, 4.69) is 12.2 Å². The first-order valence-corrected chi connectivity index (χ1v) is 10.5. The van der Waals surface area contributed by atoms with Gasteiger partial charge in [0.15, 0.2) is 6.10 Å². The van der Waals surface area contributed by atoms with Gasteiger partial charge in [-0.2, -0.15) is 0 Å². The molecule has 1 N–H and O–H groups in total. The third kappa shape index (κ3) is 5.71. The number of piperidine rings is 2. The van der Waals surface area contributed by atoms with Crippen molar-refractivity contribution >= 4 is 23.6 Å². The molecule has 0 radical (unpaired) electrons. The van der Waals surface area contributed by atoms with Gasteiger partial charge in [0.05, 0.1) is 5.92 Å². The number of rotatable bonds is 4. The molecule has 0 bridgehead atoms. The van der Waals surface area contributed by atoms with Crippen molar-refractivity contribution in [3.8, 4) is 0 Å². The minimum Gasteiger partial charge on any atom is -0.452 e. The number of para-hydroxylation sites is 1. The lowest BCUT2D eigenvalue weighted by Crippen LogP contribution is -2.46. The van der Waals surface area contributed by atoms with Crippen molar-refractivity contribution < 1.29 is 19.1 Å². The van der Waals surface area contributed by atoms with Crippen molar-refractivity contribution in [2.75, 3.05) is 31.5 Å². The van der Waals surface area contributed by atoms with E-state index in [1.54, 1.807) is 16.7 Å². The molecular weight excluding hydrogens is 370 g/mol. The number of ether oxygens (including phenoxy) is 1. The summed E-state index contributed by atoms with van der Waals surface area (Å²) in [6, 6.07) is 9.14. The van der Waals surface area contributed by atoms with Crippen LogP contribution in [0.1, 0.15) is 39.5 Å². The summed E-state index contributed by atoms with van der Waals surface area (Å²) in [6.45, 7) is 6.29. The fraction of sp³-hybridized carbons (Fsp3) is 0.591. The largest absolute Gasteiger partial charge is 0.452 e. The molecule has 0 aliphatic carbocycles. The fourth-order valence-corrected chi connectivity index (χ4v) is 3.85. The second-order valence-electron chi connectivity index (χ2n) is 8.14. The second kappa shape index (κ2) is 9.76. The van der Waals surface area contributed by atoms with Gasteiger partial charge in [-0.05, 0) is 50.7 Å². The molecule has 29 heavy (non-hydrogen) atoms. The summed E-state index contributed by atoms with van der Waals surface area (Å²) in [4.78, 5) is 40.9. The summed E-state index contributed by atoms with van der Waals surface area (Å²) >= 11 is 0. The summed E-state index contributed by atoms with van der Waals surface area (Å²) in [5.74, 6) is -0.0714. The standard InChI is InChI=1S/C22H31N3O4/c1-16-8-12-24(13-9-16)20(26)17(2)29-21(27)18-10-14-25(15-11-18)22(28)23-19-6-4-3-5-7-19/h3-7,16-18H,8-15H2,1-2H3,(H,23,28). The van der Waals surface area contributed by atoms with E-state index >= 15 is 0 Å². The number of nitrogens with zero attached hydrogens (tertiary/aromatic N) is 2. The molecule has 3 amide bonds. The number of anilines is 1. The van der Waals surface area contributed by atoms with E-state index in [0.717, 1.165) is 31.6 Å². The van der Waals surface area contributed by atoms with Gasteiger partial charge in [-0.25, -0.2) is 4.79 Å². The van der Waals surface area contributed by atoms with E-state index in [0.29, 0.717) is 31.8 Å². The molecule has 0 aromatic heterocycles. The number of urea groups is 1. The monoisotopic (exact) mass is 401 g/mol. The molecule has 3 rings (SSSR count). The van der Waals surface area contributed by atoms with E-state index in [9.17, 15) is 14.4 Å². The van der Waals surface area contributed by atoms with Crippen LogP contribution in [0.2, 0.25) is 0 Å². The molecule has 1 aromatic rings. The Hall–Kier alpha value is -2.57. The third-order valence-electron chi connectivity index (χ3n) is 5.88. The van der Waals surface area contributed by atoms with E-state index < -0.39 is 6.10 Å². The van der Waals surface area contributed by atoms with Crippen molar-refractivity contribution in [2.45, 2.75) is 45.6 Å². The maximum atomic E-state index is 12.5. The Kier molecular flexibility index (Phi) is 7.12. The first-order valence-electron chi connectivity index (χ1n) is 10.5. The van der Waals surface area contributed by atoms with Gasteiger partial charge in [0.2, 0.25) is 0 Å². The van der Waals surface area contributed by atoms with E-state index in [1.165, 1.54) is 0 Å². The number of amides is 3. The third-order valence-corrected chi connectivity index (χ3v) is 5.88. The van der Waals surface area contributed by atoms with Crippen molar-refractivity contribution in [3.05, 3.63) is 30.3 Å². The van der Waals surface area contributed by atoms with E-state index in [4.69, 9.17) is 4.74 Å². The normalized spacial score (nSPS) is 19.5. The van der Waals surface area contributed by atoms with Crippen LogP contribution in [0.25, 0.3) is 0 Å². The minimum atomic E-state index is -0.754. The lowest BCUT2D eigenvalue weighted by atomic mass is 9.97. The van der Waals surface area contributed by atoms with Gasteiger partial charge in [-0.1, -0.05) is 25.1 Å². The highest BCUT2D eigenvalue weighted by atomic mass is 16.5. The van der Waals surface area contributed by atoms with Crippen LogP contribution in [0.3, 0.4) is 0 Å². The Bertz CT molecular complexity index is 708. The molecule has 1 atom stereocenters. The van der Waals surface area contributed by atoms with Gasteiger partial charge in [0, 0.05) is 31.9 Å². The predicted octanol–water partition coefficient (Wildman–Crippen LogP) is 3.12. The zero-order valence-corrected chi connectivity index (χ0v) is 17.3. The van der Waals surface area contributed by atoms with Crippen molar-refractivity contribution in [1.29, 1.82) is 0 Å². The molecule has 1 unspecified atom stereocenters. The Morgan fingerprint density at radius 1 is 0.966 bits per heavy atom. The van der Waals surface area contributed by atoms with Crippen molar-refractivity contribution in [1.82, 2.24) is 9.80 Å². The Morgan fingerprint density at radius 3 is 2.17 bits per heavy atom. The van der Waals surface area contributed by atoms with Gasteiger partial charge in [-0.3, -0.25) is 9.59 Å². The lowest BCUT2D eigenvalue weighted by Gasteiger charge is -2.33.